The first kappa shape index (κ1) is 14.6. The lowest BCUT2D eigenvalue weighted by Gasteiger charge is -2.11. The molecule has 0 fully saturated rings. The molecule has 0 aliphatic carbocycles. The molecule has 0 aliphatic heterocycles. The average molecular weight is 285 g/mol. The van der Waals surface area contributed by atoms with Crippen LogP contribution in [-0.4, -0.2) is 27.2 Å². The SMILES string of the molecule is Cc1cc(C(=O)Nc2cccc(C(=O)O)c2C)c(C)nn1. The Bertz CT molecular complexity index is 726. The van der Waals surface area contributed by atoms with Crippen LogP contribution in [0.25, 0.3) is 0 Å². The van der Waals surface area contributed by atoms with Gasteiger partial charge in [0.15, 0.2) is 0 Å². The topological polar surface area (TPSA) is 92.2 Å². The number of carbonyl (C=O) groups is 2. The molecular formula is C15H15N3O3. The number of anilines is 1. The zero-order chi connectivity index (χ0) is 15.6. The standard InChI is InChI=1S/C15H15N3O3/c1-8-7-12(10(3)18-17-8)14(19)16-13-6-4-5-11(9(13)2)15(20)21/h4-7H,1-3H3,(H,16,19)(H,20,21). The summed E-state index contributed by atoms with van der Waals surface area (Å²) in [4.78, 5) is 23.4. The van der Waals surface area contributed by atoms with Gasteiger partial charge in [-0.15, -0.1) is 0 Å². The van der Waals surface area contributed by atoms with E-state index in [1.807, 2.05) is 0 Å². The molecule has 6 heteroatoms. The van der Waals surface area contributed by atoms with Gasteiger partial charge in [0.05, 0.1) is 22.5 Å². The fraction of sp³-hybridized carbons (Fsp3) is 0.200. The predicted octanol–water partition coefficient (Wildman–Crippen LogP) is 2.35. The van der Waals surface area contributed by atoms with Gasteiger partial charge in [-0.2, -0.15) is 10.2 Å². The smallest absolute Gasteiger partial charge is 0.336 e. The van der Waals surface area contributed by atoms with Crippen LogP contribution >= 0.6 is 0 Å². The quantitative estimate of drug-likeness (QED) is 0.903. The van der Waals surface area contributed by atoms with Crippen LogP contribution in [0, 0.1) is 20.8 Å². The van der Waals surface area contributed by atoms with Crippen LogP contribution < -0.4 is 5.32 Å². The van der Waals surface area contributed by atoms with Crippen molar-refractivity contribution in [2.24, 2.45) is 0 Å². The summed E-state index contributed by atoms with van der Waals surface area (Å²) in [6, 6.07) is 6.40. The Kier molecular flexibility index (Phi) is 3.98. The van der Waals surface area contributed by atoms with Crippen molar-refractivity contribution < 1.29 is 14.7 Å². The van der Waals surface area contributed by atoms with Crippen LogP contribution in [-0.2, 0) is 0 Å². The lowest BCUT2D eigenvalue weighted by molar-refractivity contribution is 0.0695. The van der Waals surface area contributed by atoms with Crippen molar-refractivity contribution in [3.8, 4) is 0 Å². The summed E-state index contributed by atoms with van der Waals surface area (Å²) in [6.45, 7) is 5.10. The summed E-state index contributed by atoms with van der Waals surface area (Å²) < 4.78 is 0. The molecule has 2 N–H and O–H groups in total. The highest BCUT2D eigenvalue weighted by atomic mass is 16.4. The van der Waals surface area contributed by atoms with E-state index in [-0.39, 0.29) is 11.5 Å². The molecule has 0 bridgehead atoms. The number of hydrogen-bond acceptors (Lipinski definition) is 4. The van der Waals surface area contributed by atoms with Crippen molar-refractivity contribution in [3.63, 3.8) is 0 Å². The average Bonchev–Trinajstić information content (AvgIpc) is 2.43. The fourth-order valence-corrected chi connectivity index (χ4v) is 1.97. The third-order valence-corrected chi connectivity index (χ3v) is 3.16. The van der Waals surface area contributed by atoms with Gasteiger partial charge in [-0.1, -0.05) is 6.07 Å². The number of carboxylic acid groups (broad SMARTS) is 1. The van der Waals surface area contributed by atoms with Crippen molar-refractivity contribution >= 4 is 17.6 Å². The minimum Gasteiger partial charge on any atom is -0.478 e. The van der Waals surface area contributed by atoms with Gasteiger partial charge >= 0.3 is 5.97 Å². The largest absolute Gasteiger partial charge is 0.478 e. The lowest BCUT2D eigenvalue weighted by Crippen LogP contribution is -2.16. The number of nitrogens with one attached hydrogen (secondary N) is 1. The van der Waals surface area contributed by atoms with Crippen molar-refractivity contribution in [3.05, 3.63) is 52.3 Å². The molecule has 2 aromatic rings. The first-order valence-corrected chi connectivity index (χ1v) is 6.35. The number of benzene rings is 1. The zero-order valence-corrected chi connectivity index (χ0v) is 12.0. The molecule has 0 spiro atoms. The number of amides is 1. The van der Waals surface area contributed by atoms with Gasteiger partial charge in [0.2, 0.25) is 0 Å². The first-order valence-electron chi connectivity index (χ1n) is 6.35. The van der Waals surface area contributed by atoms with Crippen molar-refractivity contribution in [1.29, 1.82) is 0 Å². The highest BCUT2D eigenvalue weighted by molar-refractivity contribution is 6.06. The Hall–Kier alpha value is -2.76. The van der Waals surface area contributed by atoms with Crippen molar-refractivity contribution in [2.75, 3.05) is 5.32 Å². The summed E-state index contributed by atoms with van der Waals surface area (Å²) >= 11 is 0. The van der Waals surface area contributed by atoms with E-state index in [4.69, 9.17) is 5.11 Å². The molecule has 108 valence electrons. The van der Waals surface area contributed by atoms with E-state index < -0.39 is 5.97 Å². The van der Waals surface area contributed by atoms with Crippen LogP contribution in [0.5, 0.6) is 0 Å². The maximum absolute atomic E-state index is 12.3. The normalized spacial score (nSPS) is 10.2. The van der Waals surface area contributed by atoms with Crippen LogP contribution in [0.15, 0.2) is 24.3 Å². The molecule has 1 aromatic heterocycles. The molecule has 0 atom stereocenters. The lowest BCUT2D eigenvalue weighted by atomic mass is 10.1. The van der Waals surface area contributed by atoms with Gasteiger partial charge in [0.25, 0.3) is 5.91 Å². The van der Waals surface area contributed by atoms with Crippen LogP contribution in [0.2, 0.25) is 0 Å². The second kappa shape index (κ2) is 5.70. The maximum Gasteiger partial charge on any atom is 0.336 e. The first-order chi connectivity index (χ1) is 9.90. The summed E-state index contributed by atoms with van der Waals surface area (Å²) in [5.74, 6) is -1.36. The summed E-state index contributed by atoms with van der Waals surface area (Å²) in [5, 5.41) is 19.6. The second-order valence-corrected chi connectivity index (χ2v) is 4.72. The Labute approximate surface area is 121 Å². The number of carboxylic acids is 1. The Morgan fingerprint density at radius 2 is 1.81 bits per heavy atom. The van der Waals surface area contributed by atoms with E-state index >= 15 is 0 Å². The van der Waals surface area contributed by atoms with E-state index in [9.17, 15) is 9.59 Å². The van der Waals surface area contributed by atoms with E-state index in [1.165, 1.54) is 6.07 Å². The van der Waals surface area contributed by atoms with E-state index in [1.54, 1.807) is 39.0 Å². The highest BCUT2D eigenvalue weighted by Gasteiger charge is 2.15. The molecule has 0 saturated heterocycles. The van der Waals surface area contributed by atoms with E-state index in [0.29, 0.717) is 28.2 Å². The zero-order valence-electron chi connectivity index (χ0n) is 12.0. The molecule has 2 rings (SSSR count). The predicted molar refractivity (Wildman–Crippen MR) is 77.6 cm³/mol. The molecule has 1 amide bonds. The second-order valence-electron chi connectivity index (χ2n) is 4.72. The van der Waals surface area contributed by atoms with Crippen LogP contribution in [0.1, 0.15) is 37.7 Å². The van der Waals surface area contributed by atoms with E-state index in [0.717, 1.165) is 0 Å². The summed E-state index contributed by atoms with van der Waals surface area (Å²) in [6.07, 6.45) is 0. The Morgan fingerprint density at radius 1 is 1.10 bits per heavy atom. The monoisotopic (exact) mass is 285 g/mol. The highest BCUT2D eigenvalue weighted by Crippen LogP contribution is 2.20. The van der Waals surface area contributed by atoms with Gasteiger partial charge in [-0.05, 0) is 44.5 Å². The molecular weight excluding hydrogens is 270 g/mol. The fourth-order valence-electron chi connectivity index (χ4n) is 1.97. The number of aromatic nitrogens is 2. The minimum atomic E-state index is -1.03. The molecule has 0 radical (unpaired) electrons. The minimum absolute atomic E-state index is 0.161. The molecule has 21 heavy (non-hydrogen) atoms. The molecule has 0 aliphatic rings. The van der Waals surface area contributed by atoms with Crippen LogP contribution in [0.3, 0.4) is 0 Å². The number of aromatic carboxylic acids is 1. The number of aryl methyl sites for hydroxylation is 2. The molecule has 1 aromatic carbocycles. The molecule has 1 heterocycles. The van der Waals surface area contributed by atoms with Gasteiger partial charge in [-0.25, -0.2) is 4.79 Å². The Balaban J connectivity index is 2.34. The number of hydrogen-bond donors (Lipinski definition) is 2. The van der Waals surface area contributed by atoms with Gasteiger partial charge < -0.3 is 10.4 Å². The van der Waals surface area contributed by atoms with E-state index in [2.05, 4.69) is 15.5 Å². The van der Waals surface area contributed by atoms with Gasteiger partial charge in [0, 0.05) is 5.69 Å². The molecule has 6 nitrogen and oxygen atoms in total. The van der Waals surface area contributed by atoms with Gasteiger partial charge in [-0.3, -0.25) is 4.79 Å². The summed E-state index contributed by atoms with van der Waals surface area (Å²) in [7, 11) is 0. The molecule has 0 saturated carbocycles. The van der Waals surface area contributed by atoms with Crippen LogP contribution in [0.4, 0.5) is 5.69 Å². The maximum atomic E-state index is 12.3. The summed E-state index contributed by atoms with van der Waals surface area (Å²) in [5.41, 5.74) is 2.71. The number of rotatable bonds is 3. The number of nitrogens with zero attached hydrogens (tertiary/aromatic N) is 2. The third-order valence-electron chi connectivity index (χ3n) is 3.16. The van der Waals surface area contributed by atoms with Gasteiger partial charge in [0.1, 0.15) is 0 Å². The van der Waals surface area contributed by atoms with Crippen molar-refractivity contribution in [1.82, 2.24) is 10.2 Å². The number of carbonyl (C=O) groups excluding carboxylic acids is 1. The Morgan fingerprint density at radius 3 is 2.48 bits per heavy atom. The molecule has 0 unspecified atom stereocenters. The third kappa shape index (κ3) is 3.05. The van der Waals surface area contributed by atoms with Crippen molar-refractivity contribution in [2.45, 2.75) is 20.8 Å².